The highest BCUT2D eigenvalue weighted by atomic mass is 32.1. The predicted octanol–water partition coefficient (Wildman–Crippen LogP) is 5.13. The predicted molar refractivity (Wildman–Crippen MR) is 110 cm³/mol. The van der Waals surface area contributed by atoms with Gasteiger partial charge in [0.25, 0.3) is 0 Å². The minimum absolute atomic E-state index is 0.336. The number of carbonyl (C=O) groups excluding carboxylic acids is 1. The Morgan fingerprint density at radius 3 is 2.54 bits per heavy atom. The highest BCUT2D eigenvalue weighted by Crippen LogP contribution is 2.33. The Kier molecular flexibility index (Phi) is 4.57. The fourth-order valence-electron chi connectivity index (χ4n) is 2.96. The number of nitrogens with zero attached hydrogens (tertiary/aromatic N) is 1. The van der Waals surface area contributed by atoms with Crippen LogP contribution < -0.4 is 10.4 Å². The number of ether oxygens (including phenoxy) is 1. The van der Waals surface area contributed by atoms with Gasteiger partial charge in [0.05, 0.1) is 11.3 Å². The lowest BCUT2D eigenvalue weighted by molar-refractivity contribution is -0.131. The lowest BCUT2D eigenvalue weighted by Gasteiger charge is -2.03. The summed E-state index contributed by atoms with van der Waals surface area (Å²) in [6, 6.07) is 14.8. The summed E-state index contributed by atoms with van der Waals surface area (Å²) in [7, 11) is 0. The first kappa shape index (κ1) is 18.1. The van der Waals surface area contributed by atoms with E-state index in [2.05, 4.69) is 0 Å². The van der Waals surface area contributed by atoms with Crippen LogP contribution in [0.3, 0.4) is 0 Å². The molecule has 0 amide bonds. The Labute approximate surface area is 165 Å². The minimum atomic E-state index is -0.475. The Morgan fingerprint density at radius 2 is 1.82 bits per heavy atom. The fourth-order valence-corrected chi connectivity index (χ4v) is 3.90. The van der Waals surface area contributed by atoms with E-state index in [9.17, 15) is 9.59 Å². The summed E-state index contributed by atoms with van der Waals surface area (Å²) < 4.78 is 10.5. The number of aryl methyl sites for hydroxylation is 2. The summed E-state index contributed by atoms with van der Waals surface area (Å²) in [5.41, 5.74) is 3.36. The van der Waals surface area contributed by atoms with E-state index in [4.69, 9.17) is 14.1 Å². The van der Waals surface area contributed by atoms with Crippen molar-refractivity contribution in [2.24, 2.45) is 0 Å². The van der Waals surface area contributed by atoms with Crippen LogP contribution in [0.2, 0.25) is 0 Å². The fraction of sp³-hybridized carbons (Fsp3) is 0.136. The first-order chi connectivity index (χ1) is 13.4. The Morgan fingerprint density at radius 1 is 1.07 bits per heavy atom. The van der Waals surface area contributed by atoms with Crippen molar-refractivity contribution in [3.63, 3.8) is 0 Å². The number of thiazole rings is 1. The van der Waals surface area contributed by atoms with Crippen LogP contribution in [0, 0.1) is 13.8 Å². The van der Waals surface area contributed by atoms with Crippen LogP contribution in [0.5, 0.6) is 5.75 Å². The van der Waals surface area contributed by atoms with E-state index in [0.717, 1.165) is 21.5 Å². The van der Waals surface area contributed by atoms with Gasteiger partial charge in [-0.05, 0) is 32.0 Å². The minimum Gasteiger partial charge on any atom is -0.427 e. The van der Waals surface area contributed by atoms with Gasteiger partial charge in [0.15, 0.2) is 0 Å². The van der Waals surface area contributed by atoms with Gasteiger partial charge in [-0.2, -0.15) is 0 Å². The van der Waals surface area contributed by atoms with Crippen molar-refractivity contribution in [1.29, 1.82) is 0 Å². The molecule has 28 heavy (non-hydrogen) atoms. The Bertz CT molecular complexity index is 1250. The number of carbonyl (C=O) groups is 1. The lowest BCUT2D eigenvalue weighted by Crippen LogP contribution is -2.04. The number of rotatable bonds is 3. The van der Waals surface area contributed by atoms with Gasteiger partial charge in [0, 0.05) is 28.8 Å². The van der Waals surface area contributed by atoms with E-state index in [-0.39, 0.29) is 0 Å². The molecule has 6 heteroatoms. The van der Waals surface area contributed by atoms with Crippen LogP contribution in [0.25, 0.3) is 32.8 Å². The van der Waals surface area contributed by atoms with Crippen molar-refractivity contribution in [1.82, 2.24) is 4.98 Å². The molecule has 0 fully saturated rings. The number of hydrogen-bond acceptors (Lipinski definition) is 6. The summed E-state index contributed by atoms with van der Waals surface area (Å²) in [6.07, 6.45) is 0. The number of hydrogen-bond donors (Lipinski definition) is 0. The van der Waals surface area contributed by atoms with Gasteiger partial charge in [-0.3, -0.25) is 4.79 Å². The molecule has 4 aromatic rings. The molecule has 0 aliphatic rings. The third-order valence-electron chi connectivity index (χ3n) is 4.32. The average molecular weight is 391 g/mol. The molecule has 2 aromatic carbocycles. The summed E-state index contributed by atoms with van der Waals surface area (Å²) >= 11 is 1.46. The largest absolute Gasteiger partial charge is 0.427 e. The van der Waals surface area contributed by atoms with Crippen molar-refractivity contribution in [3.05, 3.63) is 69.4 Å². The SMILES string of the molecule is CC(=O)Oc1ccc2cc(-c3nc(-c4ccc(C)cc4)c(C)s3)c(=O)oc2c1. The van der Waals surface area contributed by atoms with Gasteiger partial charge in [-0.1, -0.05) is 29.8 Å². The van der Waals surface area contributed by atoms with E-state index >= 15 is 0 Å². The number of aromatic nitrogens is 1. The Hall–Kier alpha value is -3.25. The van der Waals surface area contributed by atoms with Crippen LogP contribution in [0.1, 0.15) is 17.4 Å². The molecule has 0 N–H and O–H groups in total. The van der Waals surface area contributed by atoms with E-state index < -0.39 is 11.6 Å². The van der Waals surface area contributed by atoms with Crippen LogP contribution >= 0.6 is 11.3 Å². The molecule has 0 saturated carbocycles. The van der Waals surface area contributed by atoms with Crippen LogP contribution in [-0.4, -0.2) is 11.0 Å². The maximum absolute atomic E-state index is 12.6. The maximum atomic E-state index is 12.6. The van der Waals surface area contributed by atoms with Crippen molar-refractivity contribution in [3.8, 4) is 27.6 Å². The van der Waals surface area contributed by atoms with Gasteiger partial charge in [-0.25, -0.2) is 9.78 Å². The number of esters is 1. The first-order valence-corrected chi connectivity index (χ1v) is 9.53. The molecule has 2 heterocycles. The third-order valence-corrected chi connectivity index (χ3v) is 5.33. The molecule has 0 unspecified atom stereocenters. The smallest absolute Gasteiger partial charge is 0.346 e. The van der Waals surface area contributed by atoms with E-state index in [1.807, 2.05) is 38.1 Å². The van der Waals surface area contributed by atoms with Gasteiger partial charge >= 0.3 is 11.6 Å². The number of benzene rings is 2. The van der Waals surface area contributed by atoms with Crippen molar-refractivity contribution < 1.29 is 13.9 Å². The van der Waals surface area contributed by atoms with E-state index in [1.165, 1.54) is 29.9 Å². The molecule has 4 rings (SSSR count). The molecule has 0 radical (unpaired) electrons. The standard InChI is InChI=1S/C22H17NO4S/c1-12-4-6-15(7-5-12)20-13(2)28-21(23-20)18-10-16-8-9-17(26-14(3)24)11-19(16)27-22(18)25/h4-11H,1-3H3. The van der Waals surface area contributed by atoms with Gasteiger partial charge in [-0.15, -0.1) is 11.3 Å². The summed E-state index contributed by atoms with van der Waals surface area (Å²) in [5.74, 6) is -0.0946. The monoisotopic (exact) mass is 391 g/mol. The zero-order valence-corrected chi connectivity index (χ0v) is 16.4. The van der Waals surface area contributed by atoms with Gasteiger partial charge in [0.2, 0.25) is 0 Å². The topological polar surface area (TPSA) is 69.4 Å². The van der Waals surface area contributed by atoms with E-state index in [1.54, 1.807) is 18.2 Å². The summed E-state index contributed by atoms with van der Waals surface area (Å²) in [6.45, 7) is 5.35. The molecule has 5 nitrogen and oxygen atoms in total. The zero-order chi connectivity index (χ0) is 19.8. The third kappa shape index (κ3) is 3.46. The molecule has 0 aliphatic heterocycles. The maximum Gasteiger partial charge on any atom is 0.346 e. The van der Waals surface area contributed by atoms with Crippen LogP contribution in [0.15, 0.2) is 57.7 Å². The zero-order valence-electron chi connectivity index (χ0n) is 15.6. The van der Waals surface area contributed by atoms with Crippen LogP contribution in [0.4, 0.5) is 0 Å². The van der Waals surface area contributed by atoms with Crippen molar-refractivity contribution >= 4 is 28.3 Å². The molecule has 2 aromatic heterocycles. The second-order valence-corrected chi connectivity index (χ2v) is 7.73. The van der Waals surface area contributed by atoms with E-state index in [0.29, 0.717) is 21.9 Å². The van der Waals surface area contributed by atoms with Gasteiger partial charge < -0.3 is 9.15 Å². The summed E-state index contributed by atoms with van der Waals surface area (Å²) in [5, 5.41) is 1.35. The molecule has 0 aliphatic carbocycles. The Balaban J connectivity index is 1.78. The highest BCUT2D eigenvalue weighted by molar-refractivity contribution is 7.15. The molecular formula is C22H17NO4S. The molecule has 0 atom stereocenters. The highest BCUT2D eigenvalue weighted by Gasteiger charge is 2.16. The summed E-state index contributed by atoms with van der Waals surface area (Å²) in [4.78, 5) is 29.4. The molecule has 0 saturated heterocycles. The van der Waals surface area contributed by atoms with Crippen LogP contribution in [-0.2, 0) is 4.79 Å². The quantitative estimate of drug-likeness (QED) is 0.275. The normalized spacial score (nSPS) is 11.0. The molecule has 0 bridgehead atoms. The van der Waals surface area contributed by atoms with Crippen molar-refractivity contribution in [2.75, 3.05) is 0 Å². The number of fused-ring (bicyclic) bond motifs is 1. The molecule has 140 valence electrons. The average Bonchev–Trinajstić information content (AvgIpc) is 3.02. The second-order valence-electron chi connectivity index (χ2n) is 6.53. The van der Waals surface area contributed by atoms with Gasteiger partial charge in [0.1, 0.15) is 16.3 Å². The molecule has 0 spiro atoms. The lowest BCUT2D eigenvalue weighted by atomic mass is 10.1. The first-order valence-electron chi connectivity index (χ1n) is 8.72. The van der Waals surface area contributed by atoms with Crippen molar-refractivity contribution in [2.45, 2.75) is 20.8 Å². The second kappa shape index (κ2) is 7.05. The molecular weight excluding hydrogens is 374 g/mol.